The summed E-state index contributed by atoms with van der Waals surface area (Å²) in [5.41, 5.74) is 4.46. The predicted molar refractivity (Wildman–Crippen MR) is 103 cm³/mol. The minimum Gasteiger partial charge on any atom is -0.323 e. The van der Waals surface area contributed by atoms with Crippen molar-refractivity contribution in [2.45, 2.75) is 32.7 Å². The zero-order chi connectivity index (χ0) is 19.0. The molecule has 5 heteroatoms. The van der Waals surface area contributed by atoms with E-state index in [-0.39, 0.29) is 17.6 Å². The Kier molecular flexibility index (Phi) is 4.52. The van der Waals surface area contributed by atoms with Crippen LogP contribution in [0, 0.1) is 25.6 Å². The van der Waals surface area contributed by atoms with Crippen LogP contribution >= 0.6 is 0 Å². The third-order valence-corrected chi connectivity index (χ3v) is 5.21. The predicted octanol–water partition coefficient (Wildman–Crippen LogP) is 4.43. The Morgan fingerprint density at radius 2 is 1.96 bits per heavy atom. The second-order valence-corrected chi connectivity index (χ2v) is 7.18. The molecule has 4 rings (SSSR count). The molecule has 1 aromatic heterocycles. The van der Waals surface area contributed by atoms with Crippen molar-refractivity contribution in [2.24, 2.45) is 5.92 Å². The molecule has 1 aliphatic carbocycles. The molecule has 138 valence electrons. The van der Waals surface area contributed by atoms with E-state index in [1.165, 1.54) is 17.7 Å². The van der Waals surface area contributed by atoms with Crippen LogP contribution in [-0.2, 0) is 11.3 Å². The van der Waals surface area contributed by atoms with Gasteiger partial charge in [0.25, 0.3) is 0 Å². The summed E-state index contributed by atoms with van der Waals surface area (Å²) < 4.78 is 15.2. The zero-order valence-corrected chi connectivity index (χ0v) is 15.4. The van der Waals surface area contributed by atoms with Crippen molar-refractivity contribution in [3.8, 4) is 0 Å². The van der Waals surface area contributed by atoms with Gasteiger partial charge < -0.3 is 5.32 Å². The lowest BCUT2D eigenvalue weighted by Gasteiger charge is -2.08. The lowest BCUT2D eigenvalue weighted by atomic mass is 10.1. The summed E-state index contributed by atoms with van der Waals surface area (Å²) in [6.07, 6.45) is 0.880. The molecule has 0 radical (unpaired) electrons. The molecule has 4 nitrogen and oxygen atoms in total. The number of carbonyl (C=O) groups excluding carboxylic acids is 1. The Morgan fingerprint density at radius 3 is 2.70 bits per heavy atom. The first kappa shape index (κ1) is 17.5. The molecule has 0 bridgehead atoms. The van der Waals surface area contributed by atoms with Gasteiger partial charge in [0.2, 0.25) is 5.91 Å². The summed E-state index contributed by atoms with van der Waals surface area (Å²) in [5.74, 6) is 0.0931. The Labute approximate surface area is 158 Å². The van der Waals surface area contributed by atoms with Crippen molar-refractivity contribution in [3.63, 3.8) is 0 Å². The summed E-state index contributed by atoms with van der Waals surface area (Å²) in [4.78, 5) is 12.7. The average Bonchev–Trinajstić information content (AvgIpc) is 3.42. The van der Waals surface area contributed by atoms with Crippen molar-refractivity contribution >= 4 is 11.6 Å². The van der Waals surface area contributed by atoms with Crippen molar-refractivity contribution in [3.05, 3.63) is 82.9 Å². The van der Waals surface area contributed by atoms with Gasteiger partial charge >= 0.3 is 0 Å². The monoisotopic (exact) mass is 363 g/mol. The Balaban J connectivity index is 1.47. The van der Waals surface area contributed by atoms with Gasteiger partial charge in [-0.2, -0.15) is 5.10 Å². The molecule has 27 heavy (non-hydrogen) atoms. The standard InChI is InChI=1S/C22H22FN3O/c1-14-21(15(2)26(25-14)13-16-7-6-10-18(23)11-16)24-22(27)20-12-19(20)17-8-4-3-5-9-17/h3-11,19-20H,12-13H2,1-2H3,(H,24,27). The number of rotatable bonds is 5. The summed E-state index contributed by atoms with van der Waals surface area (Å²) in [5, 5.41) is 7.59. The first-order chi connectivity index (χ1) is 13.0. The van der Waals surface area contributed by atoms with E-state index in [9.17, 15) is 9.18 Å². The van der Waals surface area contributed by atoms with Gasteiger partial charge in [0, 0.05) is 5.92 Å². The van der Waals surface area contributed by atoms with Crippen LogP contribution in [0.2, 0.25) is 0 Å². The van der Waals surface area contributed by atoms with Gasteiger partial charge in [-0.15, -0.1) is 0 Å². The average molecular weight is 363 g/mol. The number of nitrogens with one attached hydrogen (secondary N) is 1. The topological polar surface area (TPSA) is 46.9 Å². The largest absolute Gasteiger partial charge is 0.323 e. The first-order valence-corrected chi connectivity index (χ1v) is 9.17. The molecule has 1 amide bonds. The van der Waals surface area contributed by atoms with Gasteiger partial charge in [-0.1, -0.05) is 42.5 Å². The number of aryl methyl sites for hydroxylation is 1. The number of carbonyl (C=O) groups is 1. The van der Waals surface area contributed by atoms with Crippen molar-refractivity contribution < 1.29 is 9.18 Å². The maximum atomic E-state index is 13.4. The highest BCUT2D eigenvalue weighted by Crippen LogP contribution is 2.48. The molecule has 2 atom stereocenters. The fraction of sp³-hybridized carbons (Fsp3) is 0.273. The van der Waals surface area contributed by atoms with Crippen molar-refractivity contribution in [2.75, 3.05) is 5.32 Å². The minimum atomic E-state index is -0.261. The quantitative estimate of drug-likeness (QED) is 0.729. The number of hydrogen-bond donors (Lipinski definition) is 1. The molecule has 2 unspecified atom stereocenters. The number of amides is 1. The number of aromatic nitrogens is 2. The Morgan fingerprint density at radius 1 is 1.19 bits per heavy atom. The molecular formula is C22H22FN3O. The SMILES string of the molecule is Cc1nn(Cc2cccc(F)c2)c(C)c1NC(=O)C1CC1c1ccccc1. The van der Waals surface area contributed by atoms with Crippen LogP contribution in [0.15, 0.2) is 54.6 Å². The smallest absolute Gasteiger partial charge is 0.228 e. The number of hydrogen-bond acceptors (Lipinski definition) is 2. The minimum absolute atomic E-state index is 0.0118. The van der Waals surface area contributed by atoms with Crippen LogP contribution in [0.4, 0.5) is 10.1 Å². The highest BCUT2D eigenvalue weighted by molar-refractivity contribution is 5.96. The molecule has 1 fully saturated rings. The van der Waals surface area contributed by atoms with Crippen LogP contribution < -0.4 is 5.32 Å². The van der Waals surface area contributed by atoms with E-state index in [4.69, 9.17) is 0 Å². The number of nitrogens with zero attached hydrogens (tertiary/aromatic N) is 2. The Bertz CT molecular complexity index is 980. The fourth-order valence-corrected chi connectivity index (χ4v) is 3.61. The van der Waals surface area contributed by atoms with Gasteiger partial charge in [0.1, 0.15) is 5.82 Å². The van der Waals surface area contributed by atoms with Crippen LogP contribution in [0.1, 0.15) is 34.9 Å². The lowest BCUT2D eigenvalue weighted by Crippen LogP contribution is -2.16. The van der Waals surface area contributed by atoms with Crippen LogP contribution in [0.3, 0.4) is 0 Å². The number of benzene rings is 2. The van der Waals surface area contributed by atoms with E-state index in [0.29, 0.717) is 12.5 Å². The van der Waals surface area contributed by atoms with Gasteiger partial charge in [-0.3, -0.25) is 9.48 Å². The Hall–Kier alpha value is -2.95. The highest BCUT2D eigenvalue weighted by atomic mass is 19.1. The van der Waals surface area contributed by atoms with E-state index < -0.39 is 0 Å². The molecule has 1 saturated carbocycles. The third-order valence-electron chi connectivity index (χ3n) is 5.21. The van der Waals surface area contributed by atoms with Crippen LogP contribution in [0.25, 0.3) is 0 Å². The van der Waals surface area contributed by atoms with Crippen molar-refractivity contribution in [1.82, 2.24) is 9.78 Å². The molecule has 1 aliphatic rings. The van der Waals surface area contributed by atoms with Gasteiger partial charge in [0.05, 0.1) is 23.6 Å². The molecule has 0 saturated heterocycles. The first-order valence-electron chi connectivity index (χ1n) is 9.17. The summed E-state index contributed by atoms with van der Waals surface area (Å²) in [7, 11) is 0. The van der Waals surface area contributed by atoms with E-state index in [1.807, 2.05) is 38.1 Å². The lowest BCUT2D eigenvalue weighted by molar-refractivity contribution is -0.117. The third kappa shape index (κ3) is 3.63. The highest BCUT2D eigenvalue weighted by Gasteiger charge is 2.44. The normalized spacial score (nSPS) is 18.3. The van der Waals surface area contributed by atoms with Crippen LogP contribution in [-0.4, -0.2) is 15.7 Å². The fourth-order valence-electron chi connectivity index (χ4n) is 3.61. The molecule has 3 aromatic rings. The van der Waals surface area contributed by atoms with Gasteiger partial charge in [-0.25, -0.2) is 4.39 Å². The summed E-state index contributed by atoms with van der Waals surface area (Å²) in [6, 6.07) is 16.6. The number of halogens is 1. The van der Waals surface area contributed by atoms with Gasteiger partial charge in [0.15, 0.2) is 0 Å². The van der Waals surface area contributed by atoms with E-state index in [0.717, 1.165) is 29.1 Å². The van der Waals surface area contributed by atoms with Crippen LogP contribution in [0.5, 0.6) is 0 Å². The zero-order valence-electron chi connectivity index (χ0n) is 15.4. The van der Waals surface area contributed by atoms with E-state index in [2.05, 4.69) is 22.5 Å². The molecule has 0 spiro atoms. The summed E-state index contributed by atoms with van der Waals surface area (Å²) in [6.45, 7) is 4.28. The molecule has 2 aromatic carbocycles. The molecule has 0 aliphatic heterocycles. The van der Waals surface area contributed by atoms with E-state index >= 15 is 0 Å². The van der Waals surface area contributed by atoms with Crippen molar-refractivity contribution in [1.29, 1.82) is 0 Å². The molecular weight excluding hydrogens is 341 g/mol. The second-order valence-electron chi connectivity index (χ2n) is 7.18. The number of anilines is 1. The maximum absolute atomic E-state index is 13.4. The van der Waals surface area contributed by atoms with E-state index in [1.54, 1.807) is 10.7 Å². The molecule has 1 N–H and O–H groups in total. The van der Waals surface area contributed by atoms with Gasteiger partial charge in [-0.05, 0) is 49.4 Å². The summed E-state index contributed by atoms with van der Waals surface area (Å²) >= 11 is 0. The second kappa shape index (κ2) is 6.99. The maximum Gasteiger partial charge on any atom is 0.228 e. The molecule has 1 heterocycles.